The molecule has 0 saturated carbocycles. The van der Waals surface area contributed by atoms with Gasteiger partial charge in [-0.2, -0.15) is 13.2 Å². The zero-order valence-corrected chi connectivity index (χ0v) is 17.2. The van der Waals surface area contributed by atoms with Crippen LogP contribution in [0.4, 0.5) is 24.5 Å². The largest absolute Gasteiger partial charge is 0.416 e. The lowest BCUT2D eigenvalue weighted by atomic mass is 10.1. The number of halogens is 3. The third-order valence-corrected chi connectivity index (χ3v) is 5.63. The molecule has 29 heavy (non-hydrogen) atoms. The van der Waals surface area contributed by atoms with Gasteiger partial charge in [-0.1, -0.05) is 6.07 Å². The Labute approximate surface area is 168 Å². The van der Waals surface area contributed by atoms with Crippen LogP contribution in [-0.2, 0) is 21.0 Å². The lowest BCUT2D eigenvalue weighted by Crippen LogP contribution is -2.31. The molecule has 2 aromatic carbocycles. The number of benzene rings is 2. The van der Waals surface area contributed by atoms with E-state index in [1.165, 1.54) is 16.4 Å². The van der Waals surface area contributed by atoms with Crippen LogP contribution in [-0.4, -0.2) is 27.1 Å². The Morgan fingerprint density at radius 2 is 1.66 bits per heavy atom. The lowest BCUT2D eigenvalue weighted by molar-refractivity contribution is -0.137. The number of rotatable bonds is 7. The van der Waals surface area contributed by atoms with Crippen LogP contribution in [0.2, 0.25) is 0 Å². The quantitative estimate of drug-likeness (QED) is 0.706. The minimum atomic E-state index is -4.44. The van der Waals surface area contributed by atoms with Crippen molar-refractivity contribution in [2.45, 2.75) is 32.9 Å². The van der Waals surface area contributed by atoms with E-state index in [2.05, 4.69) is 5.32 Å². The molecule has 0 fully saturated rings. The van der Waals surface area contributed by atoms with Gasteiger partial charge in [-0.05, 0) is 67.8 Å². The summed E-state index contributed by atoms with van der Waals surface area (Å²) >= 11 is 0. The molecule has 0 aliphatic rings. The molecule has 1 N–H and O–H groups in total. The third kappa shape index (κ3) is 6.49. The molecule has 9 heteroatoms. The molecule has 0 aliphatic carbocycles. The van der Waals surface area contributed by atoms with E-state index in [-0.39, 0.29) is 25.1 Å². The molecule has 0 spiro atoms. The fourth-order valence-electron chi connectivity index (χ4n) is 2.72. The van der Waals surface area contributed by atoms with Gasteiger partial charge in [-0.25, -0.2) is 8.42 Å². The number of carbonyl (C=O) groups excluding carboxylic acids is 1. The van der Waals surface area contributed by atoms with E-state index in [0.29, 0.717) is 5.69 Å². The molecular weight excluding hydrogens is 405 g/mol. The van der Waals surface area contributed by atoms with E-state index in [1.807, 2.05) is 19.9 Å². The average Bonchev–Trinajstić information content (AvgIpc) is 2.60. The molecule has 2 aromatic rings. The molecule has 0 aliphatic heterocycles. The maximum Gasteiger partial charge on any atom is 0.416 e. The third-order valence-electron chi connectivity index (χ3n) is 4.44. The van der Waals surface area contributed by atoms with Gasteiger partial charge in [0.05, 0.1) is 17.5 Å². The van der Waals surface area contributed by atoms with E-state index < -0.39 is 27.7 Å². The van der Waals surface area contributed by atoms with Crippen molar-refractivity contribution in [2.24, 2.45) is 0 Å². The topological polar surface area (TPSA) is 66.5 Å². The number of nitrogens with zero attached hydrogens (tertiary/aromatic N) is 1. The minimum absolute atomic E-state index is 0.0257. The molecule has 158 valence electrons. The fraction of sp³-hybridized carbons (Fsp3) is 0.350. The number of anilines is 2. The molecule has 0 saturated heterocycles. The van der Waals surface area contributed by atoms with Gasteiger partial charge in [0.15, 0.2) is 0 Å². The zero-order chi connectivity index (χ0) is 21.8. The monoisotopic (exact) mass is 428 g/mol. The average molecular weight is 428 g/mol. The molecule has 1 amide bonds. The van der Waals surface area contributed by atoms with E-state index in [4.69, 9.17) is 0 Å². The van der Waals surface area contributed by atoms with Crippen molar-refractivity contribution in [3.63, 3.8) is 0 Å². The van der Waals surface area contributed by atoms with Crippen molar-refractivity contribution in [1.29, 1.82) is 0 Å². The van der Waals surface area contributed by atoms with Crippen molar-refractivity contribution in [1.82, 2.24) is 0 Å². The molecule has 5 nitrogen and oxygen atoms in total. The van der Waals surface area contributed by atoms with Gasteiger partial charge in [-0.3, -0.25) is 9.10 Å². The lowest BCUT2D eigenvalue weighted by Gasteiger charge is -2.23. The van der Waals surface area contributed by atoms with E-state index in [0.717, 1.165) is 29.5 Å². The van der Waals surface area contributed by atoms with Crippen molar-refractivity contribution in [3.05, 3.63) is 59.2 Å². The summed E-state index contributed by atoms with van der Waals surface area (Å²) in [4.78, 5) is 12.1. The van der Waals surface area contributed by atoms with Crippen LogP contribution in [0.5, 0.6) is 0 Å². The first-order chi connectivity index (χ1) is 13.4. The number of carbonyl (C=O) groups is 1. The van der Waals surface area contributed by atoms with Crippen LogP contribution < -0.4 is 9.62 Å². The SMILES string of the molecule is Cc1ccc(N(CCCC(=O)Nc2ccc(C(F)(F)F)cc2)S(C)(=O)=O)cc1C. The van der Waals surface area contributed by atoms with E-state index in [9.17, 15) is 26.4 Å². The number of sulfonamides is 1. The second-order valence-electron chi connectivity index (χ2n) is 6.83. The first-order valence-corrected chi connectivity index (χ1v) is 10.7. The van der Waals surface area contributed by atoms with Crippen molar-refractivity contribution < 1.29 is 26.4 Å². The number of alkyl halides is 3. The summed E-state index contributed by atoms with van der Waals surface area (Å²) in [6.07, 6.45) is -3.05. The highest BCUT2D eigenvalue weighted by molar-refractivity contribution is 7.92. The normalized spacial score (nSPS) is 11.9. The molecule has 0 bridgehead atoms. The predicted molar refractivity (Wildman–Crippen MR) is 107 cm³/mol. The minimum Gasteiger partial charge on any atom is -0.326 e. The Hall–Kier alpha value is -2.55. The summed E-state index contributed by atoms with van der Waals surface area (Å²) in [6, 6.07) is 9.46. The van der Waals surface area contributed by atoms with E-state index in [1.54, 1.807) is 12.1 Å². The maximum atomic E-state index is 12.6. The molecule has 0 unspecified atom stereocenters. The Bertz CT molecular complexity index is 971. The van der Waals surface area contributed by atoms with Crippen LogP contribution in [0.15, 0.2) is 42.5 Å². The van der Waals surface area contributed by atoms with Crippen molar-refractivity contribution >= 4 is 27.3 Å². The van der Waals surface area contributed by atoms with Crippen molar-refractivity contribution in [2.75, 3.05) is 22.4 Å². The Morgan fingerprint density at radius 1 is 1.03 bits per heavy atom. The van der Waals surface area contributed by atoms with Crippen molar-refractivity contribution in [3.8, 4) is 0 Å². The van der Waals surface area contributed by atoms with Gasteiger partial charge in [0.1, 0.15) is 0 Å². The highest BCUT2D eigenvalue weighted by Gasteiger charge is 2.30. The Morgan fingerprint density at radius 3 is 2.17 bits per heavy atom. The Balaban J connectivity index is 1.97. The smallest absolute Gasteiger partial charge is 0.326 e. The zero-order valence-electron chi connectivity index (χ0n) is 16.4. The highest BCUT2D eigenvalue weighted by Crippen LogP contribution is 2.29. The summed E-state index contributed by atoms with van der Waals surface area (Å²) < 4.78 is 63.2. The summed E-state index contributed by atoms with van der Waals surface area (Å²) in [5.74, 6) is -0.404. The number of amides is 1. The molecule has 2 rings (SSSR count). The second kappa shape index (κ2) is 8.86. The van der Waals surface area contributed by atoms with Crippen LogP contribution in [0.1, 0.15) is 29.5 Å². The van der Waals surface area contributed by atoms with Gasteiger partial charge in [0.2, 0.25) is 15.9 Å². The second-order valence-corrected chi connectivity index (χ2v) is 8.74. The molecule has 0 heterocycles. The van der Waals surface area contributed by atoms with Gasteiger partial charge in [-0.15, -0.1) is 0 Å². The van der Waals surface area contributed by atoms with Crippen LogP contribution in [0, 0.1) is 13.8 Å². The molecule has 0 radical (unpaired) electrons. The summed E-state index contributed by atoms with van der Waals surface area (Å²) in [5, 5.41) is 2.52. The molecule has 0 atom stereocenters. The van der Waals surface area contributed by atoms with Gasteiger partial charge in [0, 0.05) is 18.7 Å². The number of aryl methyl sites for hydroxylation is 2. The predicted octanol–water partition coefficient (Wildman–Crippen LogP) is 4.51. The summed E-state index contributed by atoms with van der Waals surface area (Å²) in [5.41, 5.74) is 1.97. The van der Waals surface area contributed by atoms with Crippen LogP contribution in [0.25, 0.3) is 0 Å². The fourth-order valence-corrected chi connectivity index (χ4v) is 3.67. The summed E-state index contributed by atoms with van der Waals surface area (Å²) in [6.45, 7) is 3.92. The molecular formula is C20H23F3N2O3S. The van der Waals surface area contributed by atoms with Gasteiger partial charge < -0.3 is 5.32 Å². The number of nitrogens with one attached hydrogen (secondary N) is 1. The van der Waals surface area contributed by atoms with E-state index >= 15 is 0 Å². The first kappa shape index (κ1) is 22.7. The number of hydrogen-bond acceptors (Lipinski definition) is 3. The first-order valence-electron chi connectivity index (χ1n) is 8.90. The molecule has 0 aromatic heterocycles. The Kier molecular flexibility index (Phi) is 6.94. The van der Waals surface area contributed by atoms with Crippen LogP contribution >= 0.6 is 0 Å². The van der Waals surface area contributed by atoms with Gasteiger partial charge >= 0.3 is 6.18 Å². The number of hydrogen-bond donors (Lipinski definition) is 1. The van der Waals surface area contributed by atoms with Gasteiger partial charge in [0.25, 0.3) is 0 Å². The highest BCUT2D eigenvalue weighted by atomic mass is 32.2. The summed E-state index contributed by atoms with van der Waals surface area (Å²) in [7, 11) is -3.53. The van der Waals surface area contributed by atoms with Crippen LogP contribution in [0.3, 0.4) is 0 Å². The maximum absolute atomic E-state index is 12.6. The standard InChI is InChI=1S/C20H23F3N2O3S/c1-14-6-11-18(13-15(14)2)25(29(3,27)28)12-4-5-19(26)24-17-9-7-16(8-10-17)20(21,22)23/h6-11,13H,4-5,12H2,1-3H3,(H,24,26).